The van der Waals surface area contributed by atoms with E-state index in [-0.39, 0.29) is 0 Å². The average Bonchev–Trinajstić information content (AvgIpc) is 2.51. The number of hydrogen-bond donors (Lipinski definition) is 1. The van der Waals surface area contributed by atoms with Crippen LogP contribution in [-0.4, -0.2) is 37.2 Å². The zero-order valence-corrected chi connectivity index (χ0v) is 14.4. The van der Waals surface area contributed by atoms with E-state index in [2.05, 4.69) is 44.3 Å². The summed E-state index contributed by atoms with van der Waals surface area (Å²) in [6.07, 6.45) is 5.68. The zero-order valence-electron chi connectivity index (χ0n) is 12.8. The van der Waals surface area contributed by atoms with Crippen LogP contribution >= 0.6 is 15.9 Å². The third-order valence-corrected chi connectivity index (χ3v) is 5.46. The van der Waals surface area contributed by atoms with Gasteiger partial charge in [0.05, 0.1) is 12.7 Å². The van der Waals surface area contributed by atoms with Gasteiger partial charge in [0.15, 0.2) is 0 Å². The fourth-order valence-corrected chi connectivity index (χ4v) is 4.18. The highest BCUT2D eigenvalue weighted by Crippen LogP contribution is 2.30. The standard InChI is InChI=1S/C17H25BrN2O/c1-19-11-13-6-7-14(15(18)10-13)12-20-8-9-21-17-5-3-2-4-16(17)20/h6-7,10,16-17,19H,2-5,8-9,11-12H2,1H3. The minimum atomic E-state index is 0.467. The van der Waals surface area contributed by atoms with Crippen molar-refractivity contribution >= 4 is 15.9 Å². The number of ether oxygens (including phenoxy) is 1. The molecule has 1 saturated carbocycles. The molecule has 1 saturated heterocycles. The molecule has 21 heavy (non-hydrogen) atoms. The molecular weight excluding hydrogens is 328 g/mol. The van der Waals surface area contributed by atoms with Crippen LogP contribution in [0.25, 0.3) is 0 Å². The van der Waals surface area contributed by atoms with Gasteiger partial charge in [-0.3, -0.25) is 4.90 Å². The number of nitrogens with one attached hydrogen (secondary N) is 1. The van der Waals surface area contributed by atoms with Crippen LogP contribution in [0.3, 0.4) is 0 Å². The smallest absolute Gasteiger partial charge is 0.0731 e. The summed E-state index contributed by atoms with van der Waals surface area (Å²) in [5.74, 6) is 0. The van der Waals surface area contributed by atoms with Gasteiger partial charge in [0.2, 0.25) is 0 Å². The molecule has 2 aliphatic rings. The van der Waals surface area contributed by atoms with Crippen LogP contribution in [0.5, 0.6) is 0 Å². The Balaban J connectivity index is 1.70. The van der Waals surface area contributed by atoms with Crippen molar-refractivity contribution in [3.8, 4) is 0 Å². The van der Waals surface area contributed by atoms with Crippen molar-refractivity contribution in [2.45, 2.75) is 50.9 Å². The predicted molar refractivity (Wildman–Crippen MR) is 89.3 cm³/mol. The maximum Gasteiger partial charge on any atom is 0.0731 e. The minimum absolute atomic E-state index is 0.467. The summed E-state index contributed by atoms with van der Waals surface area (Å²) in [5.41, 5.74) is 2.71. The Labute approximate surface area is 136 Å². The van der Waals surface area contributed by atoms with Gasteiger partial charge in [-0.05, 0) is 37.1 Å². The first-order valence-corrected chi connectivity index (χ1v) is 8.85. The quantitative estimate of drug-likeness (QED) is 0.899. The molecule has 1 aromatic rings. The van der Waals surface area contributed by atoms with Gasteiger partial charge in [0, 0.05) is 30.1 Å². The second-order valence-corrected chi connectivity index (χ2v) is 7.04. The van der Waals surface area contributed by atoms with E-state index in [9.17, 15) is 0 Å². The number of morpholine rings is 1. The van der Waals surface area contributed by atoms with Crippen LogP contribution in [-0.2, 0) is 17.8 Å². The third kappa shape index (κ3) is 3.67. The van der Waals surface area contributed by atoms with Crippen LogP contribution in [0.2, 0.25) is 0 Å². The summed E-state index contributed by atoms with van der Waals surface area (Å²) in [5, 5.41) is 3.20. The molecule has 0 spiro atoms. The molecule has 1 aliphatic heterocycles. The molecule has 2 fully saturated rings. The Morgan fingerprint density at radius 3 is 3.00 bits per heavy atom. The first kappa shape index (κ1) is 15.5. The van der Waals surface area contributed by atoms with Crippen molar-refractivity contribution in [2.24, 2.45) is 0 Å². The molecule has 2 unspecified atom stereocenters. The molecule has 3 nitrogen and oxygen atoms in total. The molecule has 1 N–H and O–H groups in total. The summed E-state index contributed by atoms with van der Waals surface area (Å²) < 4.78 is 7.20. The van der Waals surface area contributed by atoms with Crippen LogP contribution in [0.4, 0.5) is 0 Å². The molecule has 4 heteroatoms. The Morgan fingerprint density at radius 1 is 1.33 bits per heavy atom. The molecule has 2 atom stereocenters. The van der Waals surface area contributed by atoms with Crippen LogP contribution in [0.15, 0.2) is 22.7 Å². The molecule has 0 aromatic heterocycles. The van der Waals surface area contributed by atoms with Crippen LogP contribution in [0.1, 0.15) is 36.8 Å². The molecule has 0 radical (unpaired) electrons. The average molecular weight is 353 g/mol. The van der Waals surface area contributed by atoms with E-state index in [0.29, 0.717) is 12.1 Å². The lowest BCUT2D eigenvalue weighted by Gasteiger charge is -2.44. The second-order valence-electron chi connectivity index (χ2n) is 6.19. The van der Waals surface area contributed by atoms with E-state index < -0.39 is 0 Å². The Hall–Kier alpha value is -0.420. The molecule has 1 aliphatic carbocycles. The van der Waals surface area contributed by atoms with Gasteiger partial charge in [0.25, 0.3) is 0 Å². The van der Waals surface area contributed by atoms with Gasteiger partial charge in [-0.25, -0.2) is 0 Å². The first-order valence-electron chi connectivity index (χ1n) is 8.05. The van der Waals surface area contributed by atoms with E-state index >= 15 is 0 Å². The molecule has 1 heterocycles. The topological polar surface area (TPSA) is 24.5 Å². The van der Waals surface area contributed by atoms with Gasteiger partial charge < -0.3 is 10.1 Å². The van der Waals surface area contributed by atoms with E-state index in [1.807, 2.05) is 7.05 Å². The third-order valence-electron chi connectivity index (χ3n) is 4.72. The molecule has 3 rings (SSSR count). The fourth-order valence-electron chi connectivity index (χ4n) is 3.62. The Bertz CT molecular complexity index is 478. The van der Waals surface area contributed by atoms with Crippen molar-refractivity contribution in [3.05, 3.63) is 33.8 Å². The zero-order chi connectivity index (χ0) is 14.7. The molecule has 0 bridgehead atoms. The number of fused-ring (bicyclic) bond motifs is 1. The van der Waals surface area contributed by atoms with E-state index in [4.69, 9.17) is 4.74 Å². The first-order chi connectivity index (χ1) is 10.3. The summed E-state index contributed by atoms with van der Waals surface area (Å²) in [6, 6.07) is 7.36. The lowest BCUT2D eigenvalue weighted by molar-refractivity contribution is -0.0911. The van der Waals surface area contributed by atoms with Gasteiger partial charge in [-0.1, -0.05) is 40.9 Å². The SMILES string of the molecule is CNCc1ccc(CN2CCOC3CCCCC32)c(Br)c1. The summed E-state index contributed by atoms with van der Waals surface area (Å²) in [4.78, 5) is 2.63. The van der Waals surface area contributed by atoms with E-state index in [1.54, 1.807) is 0 Å². The van der Waals surface area contributed by atoms with E-state index in [1.165, 1.54) is 41.3 Å². The monoisotopic (exact) mass is 352 g/mol. The molecule has 1 aromatic carbocycles. The Morgan fingerprint density at radius 2 is 2.19 bits per heavy atom. The van der Waals surface area contributed by atoms with Crippen molar-refractivity contribution in [2.75, 3.05) is 20.2 Å². The highest BCUT2D eigenvalue weighted by molar-refractivity contribution is 9.10. The highest BCUT2D eigenvalue weighted by Gasteiger charge is 2.34. The highest BCUT2D eigenvalue weighted by atomic mass is 79.9. The number of benzene rings is 1. The van der Waals surface area contributed by atoms with Crippen LogP contribution in [0, 0.1) is 0 Å². The number of nitrogens with zero attached hydrogens (tertiary/aromatic N) is 1. The predicted octanol–water partition coefficient (Wildman–Crippen LogP) is 3.31. The largest absolute Gasteiger partial charge is 0.375 e. The van der Waals surface area contributed by atoms with Gasteiger partial charge in [-0.2, -0.15) is 0 Å². The lowest BCUT2D eigenvalue weighted by atomic mass is 9.90. The normalized spacial score (nSPS) is 26.6. The number of halogens is 1. The van der Waals surface area contributed by atoms with Crippen molar-refractivity contribution in [3.63, 3.8) is 0 Å². The maximum atomic E-state index is 5.97. The second kappa shape index (κ2) is 7.23. The Kier molecular flexibility index (Phi) is 5.33. The van der Waals surface area contributed by atoms with Crippen LogP contribution < -0.4 is 5.32 Å². The van der Waals surface area contributed by atoms with Gasteiger partial charge in [0.1, 0.15) is 0 Å². The fraction of sp³-hybridized carbons (Fsp3) is 0.647. The van der Waals surface area contributed by atoms with Crippen molar-refractivity contribution in [1.82, 2.24) is 10.2 Å². The number of rotatable bonds is 4. The van der Waals surface area contributed by atoms with E-state index in [0.717, 1.165) is 26.2 Å². The minimum Gasteiger partial charge on any atom is -0.375 e. The molecule has 116 valence electrons. The summed E-state index contributed by atoms with van der Waals surface area (Å²) >= 11 is 3.75. The van der Waals surface area contributed by atoms with Gasteiger partial charge >= 0.3 is 0 Å². The summed E-state index contributed by atoms with van der Waals surface area (Å²) in [6.45, 7) is 3.90. The summed E-state index contributed by atoms with van der Waals surface area (Å²) in [7, 11) is 1.98. The maximum absolute atomic E-state index is 5.97. The lowest BCUT2D eigenvalue weighted by Crippen LogP contribution is -2.52. The van der Waals surface area contributed by atoms with Gasteiger partial charge in [-0.15, -0.1) is 0 Å². The molecule has 0 amide bonds. The number of hydrogen-bond acceptors (Lipinski definition) is 3. The van der Waals surface area contributed by atoms with Crippen molar-refractivity contribution < 1.29 is 4.74 Å². The van der Waals surface area contributed by atoms with Crippen molar-refractivity contribution in [1.29, 1.82) is 0 Å². The molecular formula is C17H25BrN2O.